The molecule has 6 nitrogen and oxygen atoms in total. The molecule has 0 bridgehead atoms. The molecular formula is C18H22N2O4S2. The van der Waals surface area contributed by atoms with Gasteiger partial charge < -0.3 is 10.1 Å². The molecule has 0 radical (unpaired) electrons. The molecule has 2 rings (SSSR count). The number of nitrogens with one attached hydrogen (secondary N) is 2. The fourth-order valence-corrected chi connectivity index (χ4v) is 3.88. The van der Waals surface area contributed by atoms with Gasteiger partial charge in [0.2, 0.25) is 5.91 Å². The number of benzene rings is 2. The Morgan fingerprint density at radius 3 is 2.42 bits per heavy atom. The van der Waals surface area contributed by atoms with Crippen LogP contribution in [0.5, 0.6) is 5.75 Å². The van der Waals surface area contributed by atoms with Gasteiger partial charge in [0.1, 0.15) is 5.75 Å². The van der Waals surface area contributed by atoms with Crippen molar-refractivity contribution < 1.29 is 17.9 Å². The maximum Gasteiger partial charge on any atom is 0.262 e. The van der Waals surface area contributed by atoms with E-state index in [0.717, 1.165) is 4.90 Å². The monoisotopic (exact) mass is 394 g/mol. The molecule has 0 saturated carbocycles. The predicted octanol–water partition coefficient (Wildman–Crippen LogP) is 3.95. The highest BCUT2D eigenvalue weighted by atomic mass is 32.2. The lowest BCUT2D eigenvalue weighted by Gasteiger charge is -2.16. The van der Waals surface area contributed by atoms with Gasteiger partial charge in [-0.05, 0) is 50.4 Å². The molecule has 8 heteroatoms. The Kier molecular flexibility index (Phi) is 6.55. The van der Waals surface area contributed by atoms with Crippen LogP contribution in [0.25, 0.3) is 0 Å². The Hall–Kier alpha value is -2.19. The molecular weight excluding hydrogens is 372 g/mol. The van der Waals surface area contributed by atoms with Gasteiger partial charge in [-0.25, -0.2) is 8.42 Å². The minimum atomic E-state index is -3.85. The average Bonchev–Trinajstić information content (AvgIpc) is 2.55. The summed E-state index contributed by atoms with van der Waals surface area (Å²) in [5.74, 6) is 0.187. The van der Waals surface area contributed by atoms with E-state index in [1.165, 1.54) is 30.8 Å². The predicted molar refractivity (Wildman–Crippen MR) is 106 cm³/mol. The summed E-state index contributed by atoms with van der Waals surface area (Å²) in [6, 6.07) is 11.5. The van der Waals surface area contributed by atoms with Crippen molar-refractivity contribution >= 4 is 39.1 Å². The number of rotatable bonds is 7. The summed E-state index contributed by atoms with van der Waals surface area (Å²) < 4.78 is 33.8. The van der Waals surface area contributed by atoms with Crippen molar-refractivity contribution in [3.8, 4) is 5.75 Å². The highest BCUT2D eigenvalue weighted by Gasteiger charge is 2.19. The summed E-state index contributed by atoms with van der Waals surface area (Å²) in [4.78, 5) is 12.2. The Morgan fingerprint density at radius 2 is 1.81 bits per heavy atom. The molecule has 0 aliphatic rings. The van der Waals surface area contributed by atoms with Crippen LogP contribution in [-0.2, 0) is 14.8 Å². The van der Waals surface area contributed by atoms with Crippen molar-refractivity contribution in [1.82, 2.24) is 0 Å². The maximum atomic E-state index is 12.8. The van der Waals surface area contributed by atoms with E-state index >= 15 is 0 Å². The molecule has 2 N–H and O–H groups in total. The zero-order chi connectivity index (χ0) is 19.3. The van der Waals surface area contributed by atoms with E-state index in [-0.39, 0.29) is 16.9 Å². The lowest BCUT2D eigenvalue weighted by atomic mass is 10.3. The number of para-hydroxylation sites is 2. The van der Waals surface area contributed by atoms with E-state index < -0.39 is 10.0 Å². The molecule has 0 unspecified atom stereocenters. The third-order valence-corrected chi connectivity index (χ3v) is 5.44. The molecule has 140 valence electrons. The third kappa shape index (κ3) is 5.15. The number of anilines is 2. The van der Waals surface area contributed by atoms with E-state index in [1.54, 1.807) is 30.3 Å². The molecule has 0 fully saturated rings. The molecule has 1 amide bonds. The van der Waals surface area contributed by atoms with Crippen LogP contribution >= 0.6 is 11.8 Å². The van der Waals surface area contributed by atoms with Crippen LogP contribution in [0.1, 0.15) is 20.8 Å². The third-order valence-electron chi connectivity index (χ3n) is 3.29. The van der Waals surface area contributed by atoms with E-state index in [1.807, 2.05) is 20.1 Å². The van der Waals surface area contributed by atoms with Crippen molar-refractivity contribution in [2.24, 2.45) is 0 Å². The zero-order valence-electron chi connectivity index (χ0n) is 15.1. The van der Waals surface area contributed by atoms with Gasteiger partial charge >= 0.3 is 0 Å². The quantitative estimate of drug-likeness (QED) is 0.695. The zero-order valence-corrected chi connectivity index (χ0v) is 16.7. The molecule has 0 aromatic heterocycles. The summed E-state index contributed by atoms with van der Waals surface area (Å²) in [7, 11) is -3.85. The van der Waals surface area contributed by atoms with Crippen LogP contribution in [0.4, 0.5) is 11.4 Å². The fourth-order valence-electron chi connectivity index (χ4n) is 2.25. The Bertz CT molecular complexity index is 896. The summed E-state index contributed by atoms with van der Waals surface area (Å²) >= 11 is 1.42. The molecule has 0 spiro atoms. The first-order valence-corrected chi connectivity index (χ1v) is 10.7. The van der Waals surface area contributed by atoms with Gasteiger partial charge in [0.15, 0.2) is 0 Å². The van der Waals surface area contributed by atoms with Crippen LogP contribution in [0.2, 0.25) is 0 Å². The van der Waals surface area contributed by atoms with Gasteiger partial charge in [0.25, 0.3) is 10.0 Å². The number of ether oxygens (including phenoxy) is 1. The maximum absolute atomic E-state index is 12.8. The average molecular weight is 395 g/mol. The molecule has 0 atom stereocenters. The summed E-state index contributed by atoms with van der Waals surface area (Å²) in [6.07, 6.45) is 1.76. The molecule has 26 heavy (non-hydrogen) atoms. The second-order valence-electron chi connectivity index (χ2n) is 5.81. The van der Waals surface area contributed by atoms with Crippen LogP contribution in [-0.4, -0.2) is 26.7 Å². The normalized spacial score (nSPS) is 11.3. The van der Waals surface area contributed by atoms with Gasteiger partial charge in [-0.3, -0.25) is 9.52 Å². The number of sulfonamides is 1. The van der Waals surface area contributed by atoms with Gasteiger partial charge in [-0.1, -0.05) is 12.1 Å². The summed E-state index contributed by atoms with van der Waals surface area (Å²) in [6.45, 7) is 5.11. The topological polar surface area (TPSA) is 84.5 Å². The van der Waals surface area contributed by atoms with E-state index in [0.29, 0.717) is 17.1 Å². The van der Waals surface area contributed by atoms with E-state index in [4.69, 9.17) is 4.74 Å². The van der Waals surface area contributed by atoms with Crippen LogP contribution in [0.15, 0.2) is 52.3 Å². The first kappa shape index (κ1) is 20.1. The lowest BCUT2D eigenvalue weighted by molar-refractivity contribution is -0.114. The highest BCUT2D eigenvalue weighted by molar-refractivity contribution is 7.98. The minimum Gasteiger partial charge on any atom is -0.489 e. The highest BCUT2D eigenvalue weighted by Crippen LogP contribution is 2.31. The molecule has 0 saturated heterocycles. The van der Waals surface area contributed by atoms with Gasteiger partial charge in [-0.2, -0.15) is 0 Å². The largest absolute Gasteiger partial charge is 0.489 e. The molecule has 2 aromatic carbocycles. The Balaban J connectivity index is 2.38. The van der Waals surface area contributed by atoms with Gasteiger partial charge in [0, 0.05) is 11.8 Å². The van der Waals surface area contributed by atoms with Crippen molar-refractivity contribution in [3.63, 3.8) is 0 Å². The molecule has 0 aliphatic carbocycles. The summed E-state index contributed by atoms with van der Waals surface area (Å²) in [5, 5.41) is 2.66. The first-order chi connectivity index (χ1) is 12.2. The Morgan fingerprint density at radius 1 is 1.12 bits per heavy atom. The number of thioether (sulfide) groups is 1. The standard InChI is InChI=1S/C18H22N2O4S2/c1-12(2)24-17-8-6-5-7-15(17)20-26(22,23)14-9-10-18(25-4)16(11-14)19-13(3)21/h5-12,20H,1-4H3,(H,19,21). The van der Waals surface area contributed by atoms with E-state index in [9.17, 15) is 13.2 Å². The van der Waals surface area contributed by atoms with Crippen molar-refractivity contribution in [2.45, 2.75) is 36.7 Å². The van der Waals surface area contributed by atoms with Crippen molar-refractivity contribution in [1.29, 1.82) is 0 Å². The second-order valence-corrected chi connectivity index (χ2v) is 8.34. The van der Waals surface area contributed by atoms with Gasteiger partial charge in [-0.15, -0.1) is 11.8 Å². The smallest absolute Gasteiger partial charge is 0.262 e. The second kappa shape index (κ2) is 8.46. The summed E-state index contributed by atoms with van der Waals surface area (Å²) in [5.41, 5.74) is 0.816. The lowest BCUT2D eigenvalue weighted by Crippen LogP contribution is -2.16. The number of hydrogen-bond acceptors (Lipinski definition) is 5. The van der Waals surface area contributed by atoms with Crippen LogP contribution in [0, 0.1) is 0 Å². The van der Waals surface area contributed by atoms with Crippen molar-refractivity contribution in [2.75, 3.05) is 16.3 Å². The molecule has 0 aliphatic heterocycles. The SMILES string of the molecule is CSc1ccc(S(=O)(=O)Nc2ccccc2OC(C)C)cc1NC(C)=O. The number of carbonyl (C=O) groups excluding carboxylic acids is 1. The fraction of sp³-hybridized carbons (Fsp3) is 0.278. The number of hydrogen-bond donors (Lipinski definition) is 2. The first-order valence-electron chi connectivity index (χ1n) is 7.97. The van der Waals surface area contributed by atoms with Crippen LogP contribution in [0.3, 0.4) is 0 Å². The van der Waals surface area contributed by atoms with Crippen molar-refractivity contribution in [3.05, 3.63) is 42.5 Å². The van der Waals surface area contributed by atoms with Crippen LogP contribution < -0.4 is 14.8 Å². The molecule has 2 aromatic rings. The number of carbonyl (C=O) groups is 1. The van der Waals surface area contributed by atoms with Gasteiger partial charge in [0.05, 0.1) is 22.4 Å². The van der Waals surface area contributed by atoms with E-state index in [2.05, 4.69) is 10.0 Å². The minimum absolute atomic E-state index is 0.0541. The molecule has 0 heterocycles. The Labute approximate surface area is 158 Å². The number of amides is 1.